The number of hydrogen-bond donors (Lipinski definition) is 2. The standard InChI is InChI=1S/C23H32N2O6/c1-12-9-14-18-17(13(12)2)22(3,4)7-8-24(18)20(28)21(29)25(14)10-15(26)19(27)16-11-30-23(5,6)31-16/h9,15-16,19,26-27H,7-8,10-11H2,1-6H3/t15-,16?,19-/m0/s1. The number of hydrogen-bond acceptors (Lipinski definition) is 6. The van der Waals surface area contributed by atoms with Crippen LogP contribution in [0.15, 0.2) is 15.7 Å². The summed E-state index contributed by atoms with van der Waals surface area (Å²) in [5, 5.41) is 21.4. The Balaban J connectivity index is 1.84. The van der Waals surface area contributed by atoms with Gasteiger partial charge in [-0.2, -0.15) is 0 Å². The second kappa shape index (κ2) is 7.27. The highest BCUT2D eigenvalue weighted by atomic mass is 16.7. The zero-order valence-electron chi connectivity index (χ0n) is 19.1. The molecule has 3 atom stereocenters. The highest BCUT2D eigenvalue weighted by molar-refractivity contribution is 5.83. The second-order valence-corrected chi connectivity index (χ2v) is 9.99. The van der Waals surface area contributed by atoms with Crippen molar-refractivity contribution in [2.45, 2.75) is 90.6 Å². The Hall–Kier alpha value is -2.00. The van der Waals surface area contributed by atoms with E-state index in [4.69, 9.17) is 9.47 Å². The maximum absolute atomic E-state index is 13.0. The van der Waals surface area contributed by atoms with Gasteiger partial charge >= 0.3 is 11.1 Å². The second-order valence-electron chi connectivity index (χ2n) is 9.99. The number of benzene rings is 1. The third-order valence-electron chi connectivity index (χ3n) is 6.85. The van der Waals surface area contributed by atoms with Crippen LogP contribution in [0, 0.1) is 13.8 Å². The summed E-state index contributed by atoms with van der Waals surface area (Å²) in [5.74, 6) is -0.846. The number of nitrogens with zero attached hydrogens (tertiary/aromatic N) is 2. The Labute approximate surface area is 181 Å². The minimum absolute atomic E-state index is 0.138. The molecule has 170 valence electrons. The normalized spacial score (nSPS) is 23.8. The quantitative estimate of drug-likeness (QED) is 0.707. The number of aryl methyl sites for hydroxylation is 2. The molecule has 2 aliphatic heterocycles. The molecular weight excluding hydrogens is 400 g/mol. The van der Waals surface area contributed by atoms with Gasteiger partial charge in [0.25, 0.3) is 0 Å². The first-order valence-corrected chi connectivity index (χ1v) is 10.8. The summed E-state index contributed by atoms with van der Waals surface area (Å²) in [6, 6.07) is 1.89. The van der Waals surface area contributed by atoms with Crippen LogP contribution < -0.4 is 11.1 Å². The van der Waals surface area contributed by atoms with Crippen molar-refractivity contribution >= 4 is 11.0 Å². The van der Waals surface area contributed by atoms with Gasteiger partial charge in [-0.15, -0.1) is 0 Å². The summed E-state index contributed by atoms with van der Waals surface area (Å²) in [5.41, 5.74) is 3.08. The summed E-state index contributed by atoms with van der Waals surface area (Å²) in [7, 11) is 0. The van der Waals surface area contributed by atoms with E-state index >= 15 is 0 Å². The molecule has 1 unspecified atom stereocenters. The van der Waals surface area contributed by atoms with E-state index in [0.29, 0.717) is 12.1 Å². The molecule has 1 saturated heterocycles. The van der Waals surface area contributed by atoms with Gasteiger partial charge in [0.1, 0.15) is 18.3 Å². The van der Waals surface area contributed by atoms with Gasteiger partial charge in [-0.05, 0) is 62.3 Å². The molecule has 31 heavy (non-hydrogen) atoms. The molecule has 1 fully saturated rings. The number of ether oxygens (including phenoxy) is 2. The van der Waals surface area contributed by atoms with Crippen LogP contribution in [0.2, 0.25) is 0 Å². The van der Waals surface area contributed by atoms with Crippen molar-refractivity contribution in [2.24, 2.45) is 0 Å². The third-order valence-corrected chi connectivity index (χ3v) is 6.85. The SMILES string of the molecule is Cc1cc2c3c(c1C)C(C)(C)CCn3c(=O)c(=O)n2C[C@H](O)[C@H](O)C1COC(C)(C)O1. The van der Waals surface area contributed by atoms with Gasteiger partial charge in [-0.25, -0.2) is 0 Å². The fraction of sp³-hybridized carbons (Fsp3) is 0.652. The van der Waals surface area contributed by atoms with Gasteiger partial charge in [0.15, 0.2) is 5.79 Å². The molecule has 3 heterocycles. The van der Waals surface area contributed by atoms with E-state index in [1.54, 1.807) is 18.4 Å². The average Bonchev–Trinajstić information content (AvgIpc) is 3.05. The number of aromatic nitrogens is 2. The van der Waals surface area contributed by atoms with Crippen LogP contribution in [0.4, 0.5) is 0 Å². The molecule has 2 aliphatic rings. The molecule has 0 amide bonds. The minimum Gasteiger partial charge on any atom is -0.388 e. The van der Waals surface area contributed by atoms with Crippen LogP contribution in [-0.4, -0.2) is 50.1 Å². The zero-order chi connectivity index (χ0) is 22.9. The summed E-state index contributed by atoms with van der Waals surface area (Å²) in [6.07, 6.45) is -2.52. The van der Waals surface area contributed by atoms with Crippen LogP contribution in [0.5, 0.6) is 0 Å². The molecular formula is C23H32N2O6. The van der Waals surface area contributed by atoms with Crippen LogP contribution >= 0.6 is 0 Å². The summed E-state index contributed by atoms with van der Waals surface area (Å²) < 4.78 is 14.0. The molecule has 0 spiro atoms. The van der Waals surface area contributed by atoms with Gasteiger partial charge in [0, 0.05) is 6.54 Å². The fourth-order valence-corrected chi connectivity index (χ4v) is 4.97. The molecule has 0 bridgehead atoms. The lowest BCUT2D eigenvalue weighted by Gasteiger charge is -2.36. The van der Waals surface area contributed by atoms with E-state index in [9.17, 15) is 19.8 Å². The maximum Gasteiger partial charge on any atom is 0.317 e. The van der Waals surface area contributed by atoms with Crippen molar-refractivity contribution in [2.75, 3.05) is 6.61 Å². The Morgan fingerprint density at radius 3 is 2.45 bits per heavy atom. The monoisotopic (exact) mass is 432 g/mol. The van der Waals surface area contributed by atoms with E-state index < -0.39 is 35.2 Å². The molecule has 1 aromatic carbocycles. The number of aliphatic hydroxyl groups is 2. The molecule has 0 saturated carbocycles. The molecule has 8 heteroatoms. The fourth-order valence-electron chi connectivity index (χ4n) is 4.97. The lowest BCUT2D eigenvalue weighted by molar-refractivity contribution is -0.161. The van der Waals surface area contributed by atoms with Crippen molar-refractivity contribution in [1.29, 1.82) is 0 Å². The Kier molecular flexibility index (Phi) is 5.20. The predicted molar refractivity (Wildman–Crippen MR) is 117 cm³/mol. The van der Waals surface area contributed by atoms with Crippen LogP contribution in [0.3, 0.4) is 0 Å². The predicted octanol–water partition coefficient (Wildman–Crippen LogP) is 1.33. The van der Waals surface area contributed by atoms with Crippen molar-refractivity contribution in [3.05, 3.63) is 43.5 Å². The topological polar surface area (TPSA) is 103 Å². The highest BCUT2D eigenvalue weighted by Crippen LogP contribution is 2.40. The number of rotatable bonds is 4. The molecule has 2 N–H and O–H groups in total. The molecule has 4 rings (SSSR count). The van der Waals surface area contributed by atoms with Crippen LogP contribution in [-0.2, 0) is 28.0 Å². The summed E-state index contributed by atoms with van der Waals surface area (Å²) in [4.78, 5) is 26.0. The van der Waals surface area contributed by atoms with Crippen molar-refractivity contribution in [1.82, 2.24) is 9.13 Å². The Morgan fingerprint density at radius 2 is 1.84 bits per heavy atom. The minimum atomic E-state index is -1.31. The molecule has 0 aliphatic carbocycles. The average molecular weight is 433 g/mol. The maximum atomic E-state index is 13.0. The molecule has 1 aromatic heterocycles. The smallest absolute Gasteiger partial charge is 0.317 e. The van der Waals surface area contributed by atoms with Crippen molar-refractivity contribution in [3.63, 3.8) is 0 Å². The zero-order valence-corrected chi connectivity index (χ0v) is 19.1. The van der Waals surface area contributed by atoms with Crippen LogP contribution in [0.1, 0.15) is 50.8 Å². The lowest BCUT2D eigenvalue weighted by Crippen LogP contribution is -2.48. The van der Waals surface area contributed by atoms with E-state index in [0.717, 1.165) is 28.6 Å². The first-order valence-electron chi connectivity index (χ1n) is 10.8. The first-order chi connectivity index (χ1) is 14.3. The van der Waals surface area contributed by atoms with Gasteiger partial charge in [0.2, 0.25) is 0 Å². The molecule has 8 nitrogen and oxygen atoms in total. The molecule has 2 aromatic rings. The summed E-state index contributed by atoms with van der Waals surface area (Å²) >= 11 is 0. The van der Waals surface area contributed by atoms with E-state index in [1.165, 1.54) is 4.57 Å². The summed E-state index contributed by atoms with van der Waals surface area (Å²) in [6.45, 7) is 12.2. The van der Waals surface area contributed by atoms with E-state index in [-0.39, 0.29) is 18.6 Å². The van der Waals surface area contributed by atoms with Crippen molar-refractivity contribution < 1.29 is 19.7 Å². The van der Waals surface area contributed by atoms with Gasteiger partial charge < -0.3 is 24.3 Å². The molecule has 0 radical (unpaired) electrons. The van der Waals surface area contributed by atoms with E-state index in [2.05, 4.69) is 13.8 Å². The van der Waals surface area contributed by atoms with Gasteiger partial charge in [-0.3, -0.25) is 14.2 Å². The Morgan fingerprint density at radius 1 is 1.16 bits per heavy atom. The Bertz CT molecular complexity index is 1160. The number of aliphatic hydroxyl groups excluding tert-OH is 2. The first kappa shape index (κ1) is 22.2. The van der Waals surface area contributed by atoms with Crippen molar-refractivity contribution in [3.8, 4) is 0 Å². The van der Waals surface area contributed by atoms with Gasteiger partial charge in [-0.1, -0.05) is 13.8 Å². The van der Waals surface area contributed by atoms with E-state index in [1.807, 2.05) is 19.9 Å². The van der Waals surface area contributed by atoms with Gasteiger partial charge in [0.05, 0.1) is 24.2 Å². The largest absolute Gasteiger partial charge is 0.388 e. The highest BCUT2D eigenvalue weighted by Gasteiger charge is 2.40. The van der Waals surface area contributed by atoms with Crippen LogP contribution in [0.25, 0.3) is 11.0 Å². The lowest BCUT2D eigenvalue weighted by atomic mass is 9.75. The third kappa shape index (κ3) is 3.55.